The number of hydrogen-bond acceptors (Lipinski definition) is 2. The lowest BCUT2D eigenvalue weighted by Crippen LogP contribution is -2.54. The second-order valence-corrected chi connectivity index (χ2v) is 5.68. The Kier molecular flexibility index (Phi) is 3.69. The average Bonchev–Trinajstić information content (AvgIpc) is 2.45. The summed E-state index contributed by atoms with van der Waals surface area (Å²) in [5.41, 5.74) is 1.15. The number of rotatable bonds is 2. The van der Waals surface area contributed by atoms with Crippen LogP contribution < -0.4 is 10.6 Å². The first-order chi connectivity index (χ1) is 9.31. The lowest BCUT2D eigenvalue weighted by atomic mass is 9.86. The van der Waals surface area contributed by atoms with Gasteiger partial charge in [-0.3, -0.25) is 0 Å². The van der Waals surface area contributed by atoms with Crippen LogP contribution in [0.5, 0.6) is 0 Å². The second-order valence-electron chi connectivity index (χ2n) is 5.68. The van der Waals surface area contributed by atoms with E-state index < -0.39 is 0 Å². The van der Waals surface area contributed by atoms with E-state index in [4.69, 9.17) is 0 Å². The van der Waals surface area contributed by atoms with E-state index >= 15 is 0 Å². The molecule has 2 bridgehead atoms. The largest absolute Gasteiger partial charge is 0.334 e. The van der Waals surface area contributed by atoms with E-state index in [0.717, 1.165) is 31.7 Å². The van der Waals surface area contributed by atoms with Crippen LogP contribution >= 0.6 is 0 Å². The number of carbonyl (C=O) groups is 1. The zero-order valence-electron chi connectivity index (χ0n) is 11.1. The third kappa shape index (κ3) is 3.07. The van der Waals surface area contributed by atoms with Gasteiger partial charge in [0.2, 0.25) is 0 Å². The van der Waals surface area contributed by atoms with Crippen LogP contribution in [-0.2, 0) is 6.54 Å². The topological polar surface area (TPSA) is 44.4 Å². The molecule has 0 aliphatic carbocycles. The van der Waals surface area contributed by atoms with Crippen LogP contribution in [0.1, 0.15) is 12.0 Å². The maximum Gasteiger partial charge on any atom is 0.317 e. The number of likely N-dealkylation sites (tertiary alicyclic amines) is 1. The maximum atomic E-state index is 12.2. The molecule has 2 amide bonds. The van der Waals surface area contributed by atoms with Crippen LogP contribution in [0.2, 0.25) is 0 Å². The molecule has 4 nitrogen and oxygen atoms in total. The Labute approximate surface area is 114 Å². The molecule has 2 heterocycles. The van der Waals surface area contributed by atoms with Gasteiger partial charge in [-0.1, -0.05) is 30.3 Å². The summed E-state index contributed by atoms with van der Waals surface area (Å²) in [6.45, 7) is 4.51. The molecule has 0 saturated carbocycles. The first-order valence-electron chi connectivity index (χ1n) is 7.08. The fourth-order valence-electron chi connectivity index (χ4n) is 3.16. The number of nitrogens with one attached hydrogen (secondary N) is 2. The van der Waals surface area contributed by atoms with Gasteiger partial charge in [0.05, 0.1) is 0 Å². The molecule has 2 fully saturated rings. The van der Waals surface area contributed by atoms with Crippen molar-refractivity contribution in [1.29, 1.82) is 0 Å². The molecule has 1 aromatic rings. The fraction of sp³-hybridized carbons (Fsp3) is 0.533. The summed E-state index contributed by atoms with van der Waals surface area (Å²) < 4.78 is 0. The van der Waals surface area contributed by atoms with Crippen molar-refractivity contribution in [2.75, 3.05) is 26.2 Å². The summed E-state index contributed by atoms with van der Waals surface area (Å²) in [7, 11) is 0. The Morgan fingerprint density at radius 3 is 2.58 bits per heavy atom. The number of amides is 2. The summed E-state index contributed by atoms with van der Waals surface area (Å²) in [6.07, 6.45) is 1.27. The van der Waals surface area contributed by atoms with Gasteiger partial charge in [0.15, 0.2) is 0 Å². The Bertz CT molecular complexity index is 422. The summed E-state index contributed by atoms with van der Waals surface area (Å²) in [4.78, 5) is 14.2. The molecule has 1 aromatic carbocycles. The lowest BCUT2D eigenvalue weighted by molar-refractivity contribution is 0.113. The van der Waals surface area contributed by atoms with Crippen molar-refractivity contribution in [2.45, 2.75) is 13.0 Å². The highest BCUT2D eigenvalue weighted by molar-refractivity contribution is 5.74. The Morgan fingerprint density at radius 2 is 1.89 bits per heavy atom. The molecule has 2 aliphatic rings. The zero-order chi connectivity index (χ0) is 13.1. The van der Waals surface area contributed by atoms with Gasteiger partial charge in [-0.25, -0.2) is 4.79 Å². The van der Waals surface area contributed by atoms with Crippen LogP contribution in [0.25, 0.3) is 0 Å². The molecule has 0 aromatic heterocycles. The van der Waals surface area contributed by atoms with Crippen molar-refractivity contribution in [1.82, 2.24) is 15.5 Å². The fourth-order valence-corrected chi connectivity index (χ4v) is 3.16. The lowest BCUT2D eigenvalue weighted by Gasteiger charge is -2.41. The molecule has 2 aliphatic heterocycles. The van der Waals surface area contributed by atoms with Crippen molar-refractivity contribution in [3.63, 3.8) is 0 Å². The molecule has 19 heavy (non-hydrogen) atoms. The number of hydrogen-bond donors (Lipinski definition) is 2. The van der Waals surface area contributed by atoms with E-state index in [-0.39, 0.29) is 6.03 Å². The summed E-state index contributed by atoms with van der Waals surface area (Å²) in [6, 6.07) is 10.1. The molecular weight excluding hydrogens is 238 g/mol. The van der Waals surface area contributed by atoms with Crippen molar-refractivity contribution >= 4 is 6.03 Å². The number of urea groups is 1. The maximum absolute atomic E-state index is 12.2. The third-order valence-corrected chi connectivity index (χ3v) is 4.06. The molecule has 0 radical (unpaired) electrons. The first-order valence-corrected chi connectivity index (χ1v) is 7.08. The van der Waals surface area contributed by atoms with Gasteiger partial charge < -0.3 is 15.5 Å². The molecular formula is C15H21N3O. The van der Waals surface area contributed by atoms with E-state index in [9.17, 15) is 4.79 Å². The van der Waals surface area contributed by atoms with E-state index in [2.05, 4.69) is 10.6 Å². The minimum absolute atomic E-state index is 0.0838. The molecule has 2 saturated heterocycles. The van der Waals surface area contributed by atoms with Crippen LogP contribution in [0.15, 0.2) is 30.3 Å². The van der Waals surface area contributed by atoms with Crippen LogP contribution in [0.3, 0.4) is 0 Å². The standard InChI is InChI=1S/C15H21N3O/c19-15(17-9-12-4-2-1-3-5-12)18-10-13-6-14(11-18)8-16-7-13/h1-5,13-14,16H,6-11H2,(H,17,19). The van der Waals surface area contributed by atoms with E-state index in [0.29, 0.717) is 18.4 Å². The Morgan fingerprint density at radius 1 is 1.21 bits per heavy atom. The van der Waals surface area contributed by atoms with Gasteiger partial charge in [0.1, 0.15) is 0 Å². The summed E-state index contributed by atoms with van der Waals surface area (Å²) in [5, 5.41) is 6.47. The third-order valence-electron chi connectivity index (χ3n) is 4.06. The predicted octanol–water partition coefficient (Wildman–Crippen LogP) is 1.44. The number of piperidine rings is 2. The van der Waals surface area contributed by atoms with E-state index in [1.165, 1.54) is 6.42 Å². The normalized spacial score (nSPS) is 26.0. The molecule has 2 atom stereocenters. The van der Waals surface area contributed by atoms with Gasteiger partial charge in [-0.15, -0.1) is 0 Å². The smallest absolute Gasteiger partial charge is 0.317 e. The molecule has 3 rings (SSSR count). The van der Waals surface area contributed by atoms with Crippen LogP contribution in [-0.4, -0.2) is 37.1 Å². The minimum atomic E-state index is 0.0838. The highest BCUT2D eigenvalue weighted by Crippen LogP contribution is 2.24. The predicted molar refractivity (Wildman–Crippen MR) is 74.7 cm³/mol. The van der Waals surface area contributed by atoms with Crippen LogP contribution in [0, 0.1) is 11.8 Å². The number of fused-ring (bicyclic) bond motifs is 2. The zero-order valence-corrected chi connectivity index (χ0v) is 11.1. The second kappa shape index (κ2) is 5.61. The van der Waals surface area contributed by atoms with Crippen molar-refractivity contribution in [3.8, 4) is 0 Å². The van der Waals surface area contributed by atoms with Gasteiger partial charge in [-0.2, -0.15) is 0 Å². The average molecular weight is 259 g/mol. The van der Waals surface area contributed by atoms with Crippen molar-refractivity contribution in [2.24, 2.45) is 11.8 Å². The minimum Gasteiger partial charge on any atom is -0.334 e. The first kappa shape index (κ1) is 12.5. The SMILES string of the molecule is O=C(NCc1ccccc1)N1CC2CNCC(C2)C1. The quantitative estimate of drug-likeness (QED) is 0.844. The molecule has 102 valence electrons. The summed E-state index contributed by atoms with van der Waals surface area (Å²) >= 11 is 0. The van der Waals surface area contributed by atoms with E-state index in [1.807, 2.05) is 35.2 Å². The Balaban J connectivity index is 1.53. The van der Waals surface area contributed by atoms with Gasteiger partial charge in [-0.05, 0) is 36.9 Å². The van der Waals surface area contributed by atoms with Gasteiger partial charge in [0, 0.05) is 19.6 Å². The number of benzene rings is 1. The highest BCUT2D eigenvalue weighted by Gasteiger charge is 2.32. The highest BCUT2D eigenvalue weighted by atomic mass is 16.2. The van der Waals surface area contributed by atoms with Gasteiger partial charge in [0.25, 0.3) is 0 Å². The summed E-state index contributed by atoms with van der Waals surface area (Å²) in [5.74, 6) is 1.27. The van der Waals surface area contributed by atoms with Crippen LogP contribution in [0.4, 0.5) is 4.79 Å². The molecule has 0 spiro atoms. The monoisotopic (exact) mass is 259 g/mol. The molecule has 4 heteroatoms. The number of carbonyl (C=O) groups excluding carboxylic acids is 1. The number of nitrogens with zero attached hydrogens (tertiary/aromatic N) is 1. The van der Waals surface area contributed by atoms with Crippen molar-refractivity contribution in [3.05, 3.63) is 35.9 Å². The van der Waals surface area contributed by atoms with Gasteiger partial charge >= 0.3 is 6.03 Å². The van der Waals surface area contributed by atoms with Crippen molar-refractivity contribution < 1.29 is 4.79 Å². The van der Waals surface area contributed by atoms with E-state index in [1.54, 1.807) is 0 Å². The molecule has 2 unspecified atom stereocenters. The Hall–Kier alpha value is -1.55. The molecule has 2 N–H and O–H groups in total.